The quantitative estimate of drug-likeness (QED) is 0.833. The summed E-state index contributed by atoms with van der Waals surface area (Å²) in [6.45, 7) is 5.95. The third-order valence-corrected chi connectivity index (χ3v) is 4.09. The van der Waals surface area contributed by atoms with Gasteiger partial charge in [-0.25, -0.2) is 0 Å². The first-order valence-electron chi connectivity index (χ1n) is 7.01. The molecule has 1 N–H and O–H groups in total. The zero-order valence-electron chi connectivity index (χ0n) is 12.5. The summed E-state index contributed by atoms with van der Waals surface area (Å²) in [5, 5.41) is 12.0. The Bertz CT molecular complexity index is 597. The molecule has 5 nitrogen and oxygen atoms in total. The predicted molar refractivity (Wildman–Crippen MR) is 84.7 cm³/mol. The Morgan fingerprint density at radius 3 is 2.71 bits per heavy atom. The summed E-state index contributed by atoms with van der Waals surface area (Å²) in [7, 11) is 0. The largest absolute Gasteiger partial charge is 0.353 e. The predicted octanol–water partition coefficient (Wildman–Crippen LogP) is 2.58. The van der Waals surface area contributed by atoms with E-state index in [1.54, 1.807) is 0 Å². The van der Waals surface area contributed by atoms with Crippen molar-refractivity contribution in [3.05, 3.63) is 36.2 Å². The number of nitrogens with one attached hydrogen (secondary N) is 1. The third-order valence-electron chi connectivity index (χ3n) is 3.16. The van der Waals surface area contributed by atoms with Crippen molar-refractivity contribution in [2.45, 2.75) is 38.4 Å². The molecule has 0 aliphatic heterocycles. The second kappa shape index (κ2) is 7.26. The van der Waals surface area contributed by atoms with E-state index in [0.717, 1.165) is 23.1 Å². The molecule has 2 rings (SSSR count). The molecule has 0 unspecified atom stereocenters. The first-order valence-corrected chi connectivity index (χ1v) is 8.00. The van der Waals surface area contributed by atoms with Crippen LogP contribution in [0.5, 0.6) is 0 Å². The smallest absolute Gasteiger partial charge is 0.230 e. The average Bonchev–Trinajstić information content (AvgIpc) is 2.86. The van der Waals surface area contributed by atoms with Crippen LogP contribution in [0.2, 0.25) is 0 Å². The number of benzene rings is 1. The molecule has 112 valence electrons. The molecule has 0 aliphatic rings. The van der Waals surface area contributed by atoms with Gasteiger partial charge in [0.2, 0.25) is 5.91 Å². The second-order valence-corrected chi connectivity index (χ2v) is 5.81. The number of aromatic nitrogens is 3. The van der Waals surface area contributed by atoms with Gasteiger partial charge in [0.05, 0.1) is 5.75 Å². The standard InChI is InChI=1S/C15H20N4OS/c1-4-11(2)16-14(20)10-21-15-18-17-12(3)19(15)13-8-6-5-7-9-13/h5-9,11H,4,10H2,1-3H3,(H,16,20)/t11-/m0/s1. The first-order chi connectivity index (χ1) is 10.1. The lowest BCUT2D eigenvalue weighted by molar-refractivity contribution is -0.119. The molecule has 0 bridgehead atoms. The van der Waals surface area contributed by atoms with E-state index in [9.17, 15) is 4.79 Å². The first kappa shape index (κ1) is 15.6. The molecule has 0 saturated heterocycles. The maximum atomic E-state index is 11.9. The molecule has 0 saturated carbocycles. The van der Waals surface area contributed by atoms with E-state index in [-0.39, 0.29) is 11.9 Å². The van der Waals surface area contributed by atoms with E-state index in [1.165, 1.54) is 11.8 Å². The van der Waals surface area contributed by atoms with E-state index in [0.29, 0.717) is 5.75 Å². The molecule has 1 aromatic heterocycles. The van der Waals surface area contributed by atoms with Crippen molar-refractivity contribution in [2.24, 2.45) is 0 Å². The molecule has 1 aromatic carbocycles. The molecule has 6 heteroatoms. The fraction of sp³-hybridized carbons (Fsp3) is 0.400. The van der Waals surface area contributed by atoms with Gasteiger partial charge in [-0.1, -0.05) is 36.9 Å². The SMILES string of the molecule is CC[C@H](C)NC(=O)CSc1nnc(C)n1-c1ccccc1. The Labute approximate surface area is 129 Å². The highest BCUT2D eigenvalue weighted by atomic mass is 32.2. The highest BCUT2D eigenvalue weighted by molar-refractivity contribution is 7.99. The maximum absolute atomic E-state index is 11.9. The Hall–Kier alpha value is -1.82. The van der Waals surface area contributed by atoms with Crippen LogP contribution in [0.1, 0.15) is 26.1 Å². The maximum Gasteiger partial charge on any atom is 0.230 e. The molecule has 0 fully saturated rings. The van der Waals surface area contributed by atoms with Crippen LogP contribution in [0.15, 0.2) is 35.5 Å². The molecule has 1 amide bonds. The van der Waals surface area contributed by atoms with Crippen LogP contribution < -0.4 is 5.32 Å². The monoisotopic (exact) mass is 304 g/mol. The molecule has 21 heavy (non-hydrogen) atoms. The van der Waals surface area contributed by atoms with Gasteiger partial charge in [-0.15, -0.1) is 10.2 Å². The number of hydrogen-bond acceptors (Lipinski definition) is 4. The van der Waals surface area contributed by atoms with Crippen molar-refractivity contribution in [1.82, 2.24) is 20.1 Å². The van der Waals surface area contributed by atoms with Crippen LogP contribution in [0.3, 0.4) is 0 Å². The number of hydrogen-bond donors (Lipinski definition) is 1. The third kappa shape index (κ3) is 4.07. The summed E-state index contributed by atoms with van der Waals surface area (Å²) < 4.78 is 1.96. The number of para-hydroxylation sites is 1. The van der Waals surface area contributed by atoms with Crippen LogP contribution in [0, 0.1) is 6.92 Å². The van der Waals surface area contributed by atoms with E-state index in [2.05, 4.69) is 15.5 Å². The number of carbonyl (C=O) groups is 1. The van der Waals surface area contributed by atoms with Crippen molar-refractivity contribution < 1.29 is 4.79 Å². The van der Waals surface area contributed by atoms with Gasteiger partial charge in [-0.3, -0.25) is 9.36 Å². The number of nitrogens with zero attached hydrogens (tertiary/aromatic N) is 3. The van der Waals surface area contributed by atoms with Crippen LogP contribution >= 0.6 is 11.8 Å². The molecular formula is C15H20N4OS. The lowest BCUT2D eigenvalue weighted by atomic mass is 10.3. The summed E-state index contributed by atoms with van der Waals surface area (Å²) in [6, 6.07) is 10.1. The molecule has 0 radical (unpaired) electrons. The van der Waals surface area contributed by atoms with Crippen LogP contribution in [-0.2, 0) is 4.79 Å². The van der Waals surface area contributed by atoms with Crippen molar-refractivity contribution in [3.63, 3.8) is 0 Å². The van der Waals surface area contributed by atoms with Gasteiger partial charge < -0.3 is 5.32 Å². The molecule has 1 heterocycles. The van der Waals surface area contributed by atoms with E-state index in [4.69, 9.17) is 0 Å². The summed E-state index contributed by atoms with van der Waals surface area (Å²) in [6.07, 6.45) is 0.926. The van der Waals surface area contributed by atoms with Crippen molar-refractivity contribution in [1.29, 1.82) is 0 Å². The zero-order chi connectivity index (χ0) is 15.2. The lowest BCUT2D eigenvalue weighted by Gasteiger charge is -2.11. The fourth-order valence-electron chi connectivity index (χ4n) is 1.86. The Balaban J connectivity index is 2.07. The van der Waals surface area contributed by atoms with Gasteiger partial charge in [0.15, 0.2) is 5.16 Å². The topological polar surface area (TPSA) is 59.8 Å². The Morgan fingerprint density at radius 2 is 2.05 bits per heavy atom. The van der Waals surface area contributed by atoms with Gasteiger partial charge in [-0.2, -0.15) is 0 Å². The van der Waals surface area contributed by atoms with E-state index >= 15 is 0 Å². The van der Waals surface area contributed by atoms with E-state index in [1.807, 2.05) is 55.7 Å². The van der Waals surface area contributed by atoms with Gasteiger partial charge in [0.1, 0.15) is 5.82 Å². The Kier molecular flexibility index (Phi) is 5.38. The van der Waals surface area contributed by atoms with Crippen molar-refractivity contribution in [2.75, 3.05) is 5.75 Å². The van der Waals surface area contributed by atoms with E-state index < -0.39 is 0 Å². The second-order valence-electron chi connectivity index (χ2n) is 4.87. The van der Waals surface area contributed by atoms with Crippen molar-refractivity contribution in [3.8, 4) is 5.69 Å². The minimum atomic E-state index is 0.0228. The van der Waals surface area contributed by atoms with Gasteiger partial charge in [-0.05, 0) is 32.4 Å². The Morgan fingerprint density at radius 1 is 1.33 bits per heavy atom. The van der Waals surface area contributed by atoms with Crippen LogP contribution in [0.25, 0.3) is 5.69 Å². The number of rotatable bonds is 6. The number of thioether (sulfide) groups is 1. The number of carbonyl (C=O) groups excluding carboxylic acids is 1. The lowest BCUT2D eigenvalue weighted by Crippen LogP contribution is -2.33. The summed E-state index contributed by atoms with van der Waals surface area (Å²) in [5.41, 5.74) is 1.00. The van der Waals surface area contributed by atoms with Gasteiger partial charge in [0.25, 0.3) is 0 Å². The highest BCUT2D eigenvalue weighted by Gasteiger charge is 2.13. The van der Waals surface area contributed by atoms with Crippen LogP contribution in [-0.4, -0.2) is 32.5 Å². The normalized spacial score (nSPS) is 12.1. The molecule has 0 aliphatic carbocycles. The summed E-state index contributed by atoms with van der Waals surface area (Å²) in [4.78, 5) is 11.9. The zero-order valence-corrected chi connectivity index (χ0v) is 13.4. The van der Waals surface area contributed by atoms with Crippen LogP contribution in [0.4, 0.5) is 0 Å². The summed E-state index contributed by atoms with van der Waals surface area (Å²) >= 11 is 1.40. The van der Waals surface area contributed by atoms with Gasteiger partial charge >= 0.3 is 0 Å². The minimum absolute atomic E-state index is 0.0228. The van der Waals surface area contributed by atoms with Gasteiger partial charge in [0, 0.05) is 11.7 Å². The fourth-order valence-corrected chi connectivity index (χ4v) is 2.67. The molecule has 0 spiro atoms. The molecular weight excluding hydrogens is 284 g/mol. The minimum Gasteiger partial charge on any atom is -0.353 e. The number of amides is 1. The van der Waals surface area contributed by atoms with Crippen molar-refractivity contribution >= 4 is 17.7 Å². The summed E-state index contributed by atoms with van der Waals surface area (Å²) in [5.74, 6) is 1.18. The molecule has 1 atom stereocenters. The molecule has 2 aromatic rings. The highest BCUT2D eigenvalue weighted by Crippen LogP contribution is 2.21. The average molecular weight is 304 g/mol. The number of aryl methyl sites for hydroxylation is 1.